The molecule has 0 atom stereocenters. The molecule has 0 bridgehead atoms. The van der Waals surface area contributed by atoms with Gasteiger partial charge in [-0.05, 0) is 18.6 Å². The van der Waals surface area contributed by atoms with Crippen molar-refractivity contribution >= 4 is 17.4 Å². The predicted octanol–water partition coefficient (Wildman–Crippen LogP) is 1.90. The first-order chi connectivity index (χ1) is 10.2. The second-order valence-electron chi connectivity index (χ2n) is 4.48. The summed E-state index contributed by atoms with van der Waals surface area (Å²) in [5.74, 6) is 0.333. The van der Waals surface area contributed by atoms with Gasteiger partial charge in [-0.2, -0.15) is 0 Å². The number of anilines is 2. The average Bonchev–Trinajstić information content (AvgIpc) is 2.50. The van der Waals surface area contributed by atoms with Crippen molar-refractivity contribution in [3.63, 3.8) is 0 Å². The van der Waals surface area contributed by atoms with Gasteiger partial charge >= 0.3 is 0 Å². The first kappa shape index (κ1) is 14.9. The summed E-state index contributed by atoms with van der Waals surface area (Å²) in [6.45, 7) is 2.92. The number of nitrogens with one attached hydrogen (secondary N) is 2. The lowest BCUT2D eigenvalue weighted by molar-refractivity contribution is 0.0932. The number of nitrogens with zero attached hydrogens (tertiary/aromatic N) is 2. The number of carbonyl (C=O) groups excluding carboxylic acids is 1. The van der Waals surface area contributed by atoms with Gasteiger partial charge in [-0.1, -0.05) is 18.2 Å². The molecule has 0 spiro atoms. The minimum atomic E-state index is -0.262. The Morgan fingerprint density at radius 3 is 2.71 bits per heavy atom. The van der Waals surface area contributed by atoms with Crippen LogP contribution in [0.4, 0.5) is 11.5 Å². The van der Waals surface area contributed by atoms with Crippen molar-refractivity contribution in [3.05, 3.63) is 47.9 Å². The zero-order valence-electron chi connectivity index (χ0n) is 12.1. The molecule has 0 unspecified atom stereocenters. The van der Waals surface area contributed by atoms with Crippen LogP contribution in [0.1, 0.15) is 16.1 Å². The second kappa shape index (κ2) is 7.35. The lowest BCUT2D eigenvalue weighted by Crippen LogP contribution is -2.27. The normalized spacial score (nSPS) is 10.2. The maximum Gasteiger partial charge on any atom is 0.271 e. The zero-order chi connectivity index (χ0) is 15.1. The molecule has 1 heterocycles. The number of hydrogen-bond acceptors (Lipinski definition) is 5. The molecule has 0 aliphatic rings. The minimum absolute atomic E-state index is 0.262. The van der Waals surface area contributed by atoms with Crippen LogP contribution in [0.5, 0.6) is 0 Å². The van der Waals surface area contributed by atoms with E-state index in [2.05, 4.69) is 20.6 Å². The van der Waals surface area contributed by atoms with Crippen LogP contribution in [-0.2, 0) is 4.74 Å². The van der Waals surface area contributed by atoms with E-state index in [9.17, 15) is 4.79 Å². The molecule has 6 heteroatoms. The average molecular weight is 286 g/mol. The number of carbonyl (C=O) groups is 1. The molecule has 0 fully saturated rings. The highest BCUT2D eigenvalue weighted by molar-refractivity contribution is 5.92. The van der Waals surface area contributed by atoms with E-state index in [-0.39, 0.29) is 11.6 Å². The number of aromatic nitrogens is 2. The fourth-order valence-electron chi connectivity index (χ4n) is 1.72. The number of para-hydroxylation sites is 1. The molecule has 110 valence electrons. The van der Waals surface area contributed by atoms with Crippen LogP contribution < -0.4 is 10.6 Å². The molecule has 0 saturated heterocycles. The van der Waals surface area contributed by atoms with Crippen molar-refractivity contribution in [1.82, 2.24) is 15.3 Å². The van der Waals surface area contributed by atoms with Crippen LogP contribution in [-0.4, -0.2) is 36.1 Å². The third kappa shape index (κ3) is 4.25. The molecular formula is C15H18N4O2. The summed E-state index contributed by atoms with van der Waals surface area (Å²) in [6, 6.07) is 7.88. The monoisotopic (exact) mass is 286 g/mol. The first-order valence-electron chi connectivity index (χ1n) is 6.62. The molecule has 1 amide bonds. The Bertz CT molecular complexity index is 599. The van der Waals surface area contributed by atoms with Gasteiger partial charge in [-0.15, -0.1) is 0 Å². The Balaban J connectivity index is 1.99. The van der Waals surface area contributed by atoms with Gasteiger partial charge in [0.2, 0.25) is 0 Å². The highest BCUT2D eigenvalue weighted by Crippen LogP contribution is 2.17. The smallest absolute Gasteiger partial charge is 0.271 e. The van der Waals surface area contributed by atoms with E-state index < -0.39 is 0 Å². The number of aryl methyl sites for hydroxylation is 1. The summed E-state index contributed by atoms with van der Waals surface area (Å²) in [6.07, 6.45) is 2.99. The van der Waals surface area contributed by atoms with E-state index in [1.807, 2.05) is 31.2 Å². The first-order valence-corrected chi connectivity index (χ1v) is 6.62. The van der Waals surface area contributed by atoms with Crippen LogP contribution >= 0.6 is 0 Å². The molecule has 6 nitrogen and oxygen atoms in total. The molecule has 2 rings (SSSR count). The van der Waals surface area contributed by atoms with Crippen LogP contribution in [0.25, 0.3) is 0 Å². The third-order valence-electron chi connectivity index (χ3n) is 2.88. The molecule has 1 aromatic heterocycles. The molecular weight excluding hydrogens is 268 g/mol. The predicted molar refractivity (Wildman–Crippen MR) is 80.7 cm³/mol. The third-order valence-corrected chi connectivity index (χ3v) is 2.88. The van der Waals surface area contributed by atoms with Crippen molar-refractivity contribution in [2.24, 2.45) is 0 Å². The van der Waals surface area contributed by atoms with Gasteiger partial charge in [0, 0.05) is 19.3 Å². The summed E-state index contributed by atoms with van der Waals surface area (Å²) >= 11 is 0. The summed E-state index contributed by atoms with van der Waals surface area (Å²) in [7, 11) is 1.58. The van der Waals surface area contributed by atoms with Crippen LogP contribution in [0.2, 0.25) is 0 Å². The number of ether oxygens (including phenoxy) is 1. The minimum Gasteiger partial charge on any atom is -0.383 e. The van der Waals surface area contributed by atoms with E-state index in [0.29, 0.717) is 19.0 Å². The van der Waals surface area contributed by atoms with E-state index in [4.69, 9.17) is 4.74 Å². The maximum absolute atomic E-state index is 11.8. The van der Waals surface area contributed by atoms with Crippen LogP contribution in [0, 0.1) is 6.92 Å². The lowest BCUT2D eigenvalue weighted by Gasteiger charge is -2.08. The maximum atomic E-state index is 11.8. The van der Waals surface area contributed by atoms with Gasteiger partial charge in [-0.3, -0.25) is 4.79 Å². The molecule has 0 saturated carbocycles. The largest absolute Gasteiger partial charge is 0.383 e. The number of methoxy groups -OCH3 is 1. The van der Waals surface area contributed by atoms with Gasteiger partial charge < -0.3 is 15.4 Å². The van der Waals surface area contributed by atoms with E-state index in [1.165, 1.54) is 12.4 Å². The molecule has 0 aliphatic carbocycles. The molecule has 2 aromatic rings. The Morgan fingerprint density at radius 2 is 2.05 bits per heavy atom. The SMILES string of the molecule is COCCNC(=O)c1cnc(Nc2ccccc2C)cn1. The molecule has 0 radical (unpaired) electrons. The van der Waals surface area contributed by atoms with Gasteiger partial charge in [0.05, 0.1) is 19.0 Å². The highest BCUT2D eigenvalue weighted by atomic mass is 16.5. The van der Waals surface area contributed by atoms with Gasteiger partial charge in [0.15, 0.2) is 0 Å². The van der Waals surface area contributed by atoms with E-state index in [0.717, 1.165) is 11.3 Å². The molecule has 21 heavy (non-hydrogen) atoms. The quantitative estimate of drug-likeness (QED) is 0.793. The standard InChI is InChI=1S/C15H18N4O2/c1-11-5-3-4-6-12(11)19-14-10-17-13(9-18-14)15(20)16-7-8-21-2/h3-6,9-10H,7-8H2,1-2H3,(H,16,20)(H,18,19). The zero-order valence-corrected chi connectivity index (χ0v) is 12.1. The Hall–Kier alpha value is -2.47. The number of rotatable bonds is 6. The fourth-order valence-corrected chi connectivity index (χ4v) is 1.72. The van der Waals surface area contributed by atoms with Crippen molar-refractivity contribution in [3.8, 4) is 0 Å². The summed E-state index contributed by atoms with van der Waals surface area (Å²) in [4.78, 5) is 20.1. The summed E-state index contributed by atoms with van der Waals surface area (Å²) in [5.41, 5.74) is 2.35. The molecule has 1 aromatic carbocycles. The van der Waals surface area contributed by atoms with E-state index in [1.54, 1.807) is 7.11 Å². The number of benzene rings is 1. The molecule has 0 aliphatic heterocycles. The van der Waals surface area contributed by atoms with Crippen molar-refractivity contribution in [2.75, 3.05) is 25.6 Å². The summed E-state index contributed by atoms with van der Waals surface area (Å²) < 4.78 is 4.86. The van der Waals surface area contributed by atoms with Gasteiger partial charge in [0.25, 0.3) is 5.91 Å². The number of hydrogen-bond donors (Lipinski definition) is 2. The Morgan fingerprint density at radius 1 is 1.24 bits per heavy atom. The van der Waals surface area contributed by atoms with Gasteiger partial charge in [0.1, 0.15) is 11.5 Å². The molecule has 2 N–H and O–H groups in total. The Kier molecular flexibility index (Phi) is 5.22. The summed E-state index contributed by atoms with van der Waals surface area (Å²) in [5, 5.41) is 5.86. The number of amides is 1. The topological polar surface area (TPSA) is 76.1 Å². The Labute approximate surface area is 123 Å². The van der Waals surface area contributed by atoms with Crippen molar-refractivity contribution in [2.45, 2.75) is 6.92 Å². The van der Waals surface area contributed by atoms with E-state index >= 15 is 0 Å². The van der Waals surface area contributed by atoms with Crippen LogP contribution in [0.3, 0.4) is 0 Å². The van der Waals surface area contributed by atoms with Gasteiger partial charge in [-0.25, -0.2) is 9.97 Å². The lowest BCUT2D eigenvalue weighted by atomic mass is 10.2. The fraction of sp³-hybridized carbons (Fsp3) is 0.267. The highest BCUT2D eigenvalue weighted by Gasteiger charge is 2.07. The van der Waals surface area contributed by atoms with Crippen molar-refractivity contribution < 1.29 is 9.53 Å². The van der Waals surface area contributed by atoms with Crippen molar-refractivity contribution in [1.29, 1.82) is 0 Å². The second-order valence-corrected chi connectivity index (χ2v) is 4.48. The van der Waals surface area contributed by atoms with Crippen LogP contribution in [0.15, 0.2) is 36.7 Å².